The Morgan fingerprint density at radius 2 is 2.00 bits per heavy atom. The van der Waals surface area contributed by atoms with E-state index in [2.05, 4.69) is 15.9 Å². The van der Waals surface area contributed by atoms with Crippen LogP contribution in [0.4, 0.5) is 0 Å². The maximum absolute atomic E-state index is 10.4. The number of hydrogen-bond acceptors (Lipinski definition) is 3. The normalized spacial score (nSPS) is 19.1. The second kappa shape index (κ2) is 4.02. The first-order chi connectivity index (χ1) is 8.22. The average molecular weight is 297 g/mol. The van der Waals surface area contributed by atoms with Crippen molar-refractivity contribution >= 4 is 22.2 Å². The molecule has 1 saturated carbocycles. The van der Waals surface area contributed by atoms with Gasteiger partial charge in [0.05, 0.1) is 0 Å². The third kappa shape index (κ3) is 1.84. The molecule has 3 nitrogen and oxygen atoms in total. The molecular formula is C13H13BrO3. The lowest BCUT2D eigenvalue weighted by Gasteiger charge is -2.35. The maximum Gasteiger partial charge on any atom is 0.251 e. The Hall–Kier alpha value is -1.03. The lowest BCUT2D eigenvalue weighted by atomic mass is 9.91. The lowest BCUT2D eigenvalue weighted by molar-refractivity contribution is -0.138. The second-order valence-electron chi connectivity index (χ2n) is 4.56. The van der Waals surface area contributed by atoms with Gasteiger partial charge in [0.2, 0.25) is 0 Å². The molecule has 0 bridgehead atoms. The Kier molecular flexibility index (Phi) is 2.62. The Morgan fingerprint density at radius 3 is 2.59 bits per heavy atom. The number of carbonyl (C=O) groups excluding carboxylic acids is 1. The highest BCUT2D eigenvalue weighted by molar-refractivity contribution is 9.10. The molecule has 0 radical (unpaired) electrons. The van der Waals surface area contributed by atoms with Crippen LogP contribution in [0.5, 0.6) is 11.5 Å². The van der Waals surface area contributed by atoms with Crippen LogP contribution in [0, 0.1) is 0 Å². The van der Waals surface area contributed by atoms with Gasteiger partial charge in [-0.1, -0.05) is 15.9 Å². The summed E-state index contributed by atoms with van der Waals surface area (Å²) < 4.78 is 12.7. The number of aryl methyl sites for hydroxylation is 1. The largest absolute Gasteiger partial charge is 0.448 e. The van der Waals surface area contributed by atoms with Crippen molar-refractivity contribution in [3.63, 3.8) is 0 Å². The Labute approximate surface area is 108 Å². The Morgan fingerprint density at radius 1 is 1.29 bits per heavy atom. The zero-order valence-corrected chi connectivity index (χ0v) is 11.0. The summed E-state index contributed by atoms with van der Waals surface area (Å²) in [6, 6.07) is 3.93. The molecule has 90 valence electrons. The minimum Gasteiger partial charge on any atom is -0.448 e. The molecule has 1 fully saturated rings. The first-order valence-electron chi connectivity index (χ1n) is 5.86. The Bertz CT molecular complexity index is 466. The minimum absolute atomic E-state index is 0.384. The molecule has 17 heavy (non-hydrogen) atoms. The van der Waals surface area contributed by atoms with Gasteiger partial charge in [0.1, 0.15) is 6.29 Å². The van der Waals surface area contributed by atoms with E-state index >= 15 is 0 Å². The van der Waals surface area contributed by atoms with Crippen molar-refractivity contribution in [2.24, 2.45) is 0 Å². The number of rotatable bonds is 3. The topological polar surface area (TPSA) is 35.5 Å². The summed E-state index contributed by atoms with van der Waals surface area (Å²) in [6.45, 7) is 0. The maximum atomic E-state index is 10.4. The van der Waals surface area contributed by atoms with Crippen LogP contribution < -0.4 is 9.47 Å². The molecule has 1 aromatic rings. The Balaban J connectivity index is 1.87. The van der Waals surface area contributed by atoms with E-state index < -0.39 is 0 Å². The first kappa shape index (κ1) is 11.1. The highest BCUT2D eigenvalue weighted by atomic mass is 79.9. The van der Waals surface area contributed by atoms with Crippen LogP contribution in [-0.2, 0) is 11.2 Å². The molecule has 1 aliphatic heterocycles. The van der Waals surface area contributed by atoms with Crippen molar-refractivity contribution in [3.8, 4) is 11.5 Å². The molecule has 3 rings (SSSR count). The smallest absolute Gasteiger partial charge is 0.251 e. The predicted octanol–water partition coefficient (Wildman–Crippen LogP) is 3.23. The number of fused-ring (bicyclic) bond motifs is 1. The lowest BCUT2D eigenvalue weighted by Crippen LogP contribution is -2.45. The third-order valence-electron chi connectivity index (χ3n) is 3.35. The third-order valence-corrected chi connectivity index (χ3v) is 4.09. The number of halogens is 1. The number of benzene rings is 1. The van der Waals surface area contributed by atoms with E-state index in [0.29, 0.717) is 6.42 Å². The van der Waals surface area contributed by atoms with E-state index in [0.717, 1.165) is 53.5 Å². The van der Waals surface area contributed by atoms with Crippen molar-refractivity contribution < 1.29 is 14.3 Å². The van der Waals surface area contributed by atoms with Gasteiger partial charge in [0.25, 0.3) is 5.79 Å². The van der Waals surface area contributed by atoms with E-state index in [9.17, 15) is 4.79 Å². The van der Waals surface area contributed by atoms with Gasteiger partial charge in [-0.3, -0.25) is 0 Å². The summed E-state index contributed by atoms with van der Waals surface area (Å²) in [5, 5.41) is 0. The van der Waals surface area contributed by atoms with Crippen LogP contribution >= 0.6 is 15.9 Å². The molecule has 1 aliphatic carbocycles. The van der Waals surface area contributed by atoms with Gasteiger partial charge in [-0.15, -0.1) is 0 Å². The quantitative estimate of drug-likeness (QED) is 0.804. The SMILES string of the molecule is O=CCCc1cc2c(cc1Br)OC1(CCC1)O2. The number of hydrogen-bond donors (Lipinski definition) is 0. The molecule has 0 unspecified atom stereocenters. The molecule has 0 atom stereocenters. The molecule has 1 spiro atoms. The van der Waals surface area contributed by atoms with Gasteiger partial charge >= 0.3 is 0 Å². The van der Waals surface area contributed by atoms with Gasteiger partial charge in [0, 0.05) is 23.7 Å². The van der Waals surface area contributed by atoms with E-state index in [1.165, 1.54) is 0 Å². The van der Waals surface area contributed by atoms with Crippen molar-refractivity contribution in [3.05, 3.63) is 22.2 Å². The summed E-state index contributed by atoms with van der Waals surface area (Å²) in [4.78, 5) is 10.4. The second-order valence-corrected chi connectivity index (χ2v) is 5.42. The summed E-state index contributed by atoms with van der Waals surface area (Å²) in [7, 11) is 0. The number of carbonyl (C=O) groups is 1. The molecular weight excluding hydrogens is 284 g/mol. The first-order valence-corrected chi connectivity index (χ1v) is 6.66. The van der Waals surface area contributed by atoms with E-state index in [-0.39, 0.29) is 5.79 Å². The van der Waals surface area contributed by atoms with Crippen LogP contribution in [0.15, 0.2) is 16.6 Å². The molecule has 1 heterocycles. The fourth-order valence-corrected chi connectivity index (χ4v) is 2.75. The average Bonchev–Trinajstić information content (AvgIpc) is 2.64. The van der Waals surface area contributed by atoms with Gasteiger partial charge in [-0.25, -0.2) is 0 Å². The monoisotopic (exact) mass is 296 g/mol. The van der Waals surface area contributed by atoms with Crippen molar-refractivity contribution in [1.29, 1.82) is 0 Å². The molecule has 4 heteroatoms. The van der Waals surface area contributed by atoms with Crippen LogP contribution in [0.2, 0.25) is 0 Å². The molecule has 1 aromatic carbocycles. The van der Waals surface area contributed by atoms with E-state index in [1.807, 2.05) is 12.1 Å². The molecule has 0 amide bonds. The zero-order valence-electron chi connectivity index (χ0n) is 9.37. The molecule has 0 saturated heterocycles. The highest BCUT2D eigenvalue weighted by Gasteiger charge is 2.47. The summed E-state index contributed by atoms with van der Waals surface area (Å²) >= 11 is 3.51. The fraction of sp³-hybridized carbons (Fsp3) is 0.462. The van der Waals surface area contributed by atoms with Crippen LogP contribution in [0.3, 0.4) is 0 Å². The minimum atomic E-state index is -0.384. The molecule has 0 aromatic heterocycles. The van der Waals surface area contributed by atoms with E-state index in [1.54, 1.807) is 0 Å². The van der Waals surface area contributed by atoms with Crippen molar-refractivity contribution in [1.82, 2.24) is 0 Å². The van der Waals surface area contributed by atoms with Crippen LogP contribution in [0.25, 0.3) is 0 Å². The van der Waals surface area contributed by atoms with Crippen LogP contribution in [0.1, 0.15) is 31.2 Å². The van der Waals surface area contributed by atoms with Gasteiger partial charge in [-0.2, -0.15) is 0 Å². The summed E-state index contributed by atoms with van der Waals surface area (Å²) in [5.74, 6) is 1.24. The van der Waals surface area contributed by atoms with Gasteiger partial charge < -0.3 is 14.3 Å². The van der Waals surface area contributed by atoms with Crippen LogP contribution in [-0.4, -0.2) is 12.1 Å². The summed E-state index contributed by atoms with van der Waals surface area (Å²) in [5.41, 5.74) is 1.09. The molecule has 2 aliphatic rings. The van der Waals surface area contributed by atoms with E-state index in [4.69, 9.17) is 9.47 Å². The fourth-order valence-electron chi connectivity index (χ4n) is 2.23. The van der Waals surface area contributed by atoms with Gasteiger partial charge in [-0.05, 0) is 30.5 Å². The summed E-state index contributed by atoms with van der Waals surface area (Å²) in [6.07, 6.45) is 5.28. The zero-order chi connectivity index (χ0) is 11.9. The predicted molar refractivity (Wildman–Crippen MR) is 66.4 cm³/mol. The highest BCUT2D eigenvalue weighted by Crippen LogP contribution is 2.49. The van der Waals surface area contributed by atoms with Gasteiger partial charge in [0.15, 0.2) is 11.5 Å². The number of ether oxygens (including phenoxy) is 2. The standard InChI is InChI=1S/C13H13BrO3/c14-10-8-12-11(7-9(10)3-1-6-15)16-13(17-12)4-2-5-13/h6-8H,1-5H2. The molecule has 0 N–H and O–H groups in total. The number of aldehydes is 1. The van der Waals surface area contributed by atoms with Crippen molar-refractivity contribution in [2.75, 3.05) is 0 Å². The van der Waals surface area contributed by atoms with Crippen molar-refractivity contribution in [2.45, 2.75) is 37.9 Å².